The average Bonchev–Trinajstić information content (AvgIpc) is 3.02. The van der Waals surface area contributed by atoms with E-state index in [2.05, 4.69) is 0 Å². The number of aliphatic hydroxyl groups is 4. The van der Waals surface area contributed by atoms with Crippen molar-refractivity contribution in [1.82, 2.24) is 0 Å². The van der Waals surface area contributed by atoms with Gasteiger partial charge in [-0.15, -0.1) is 0 Å². The van der Waals surface area contributed by atoms with E-state index in [-0.39, 0.29) is 57.9 Å². The summed E-state index contributed by atoms with van der Waals surface area (Å²) in [6.45, 7) is 2.57. The standard InChI is InChI=1S/C34H34O11/c1-17-28(37)32(41)33(42)34(43-17)45-25-16-23-27(29(38)21(25)10-6-7-15-35)30(39)22-13-14-24(44-18(2)36)20(26(22)31(23)40)12-11-19-8-4-3-5-9-19/h3-5,8-9,11-14,16-17,28,32-35,37-38,41-42H,6-7,10,15H2,1-2H3. The fourth-order valence-electron chi connectivity index (χ4n) is 5.55. The number of hydrogen-bond donors (Lipinski definition) is 5. The lowest BCUT2D eigenvalue weighted by molar-refractivity contribution is -0.268. The summed E-state index contributed by atoms with van der Waals surface area (Å²) in [5, 5.41) is 51.8. The number of aromatic hydroxyl groups is 1. The molecule has 2 aliphatic rings. The van der Waals surface area contributed by atoms with Crippen LogP contribution in [0.4, 0.5) is 0 Å². The van der Waals surface area contributed by atoms with Gasteiger partial charge >= 0.3 is 5.97 Å². The number of ether oxygens (including phenoxy) is 3. The number of benzene rings is 3. The second kappa shape index (κ2) is 13.3. The third kappa shape index (κ3) is 6.26. The lowest BCUT2D eigenvalue weighted by Crippen LogP contribution is -2.58. The van der Waals surface area contributed by atoms with E-state index in [9.17, 15) is 39.9 Å². The Hall–Kier alpha value is -4.39. The van der Waals surface area contributed by atoms with Crippen LogP contribution in [0.5, 0.6) is 17.2 Å². The molecule has 3 aromatic carbocycles. The monoisotopic (exact) mass is 618 g/mol. The highest BCUT2D eigenvalue weighted by atomic mass is 16.7. The van der Waals surface area contributed by atoms with Crippen LogP contribution >= 0.6 is 0 Å². The minimum absolute atomic E-state index is 0.00152. The van der Waals surface area contributed by atoms with E-state index in [1.807, 2.05) is 30.3 Å². The van der Waals surface area contributed by atoms with Crippen LogP contribution in [0.1, 0.15) is 75.2 Å². The van der Waals surface area contributed by atoms with Crippen LogP contribution < -0.4 is 9.47 Å². The van der Waals surface area contributed by atoms with Crippen molar-refractivity contribution in [2.75, 3.05) is 6.61 Å². The zero-order chi connectivity index (χ0) is 32.4. The Morgan fingerprint density at radius 2 is 1.60 bits per heavy atom. The minimum Gasteiger partial charge on any atom is -0.507 e. The molecule has 0 aromatic heterocycles. The van der Waals surface area contributed by atoms with Gasteiger partial charge in [0.25, 0.3) is 0 Å². The van der Waals surface area contributed by atoms with Crippen molar-refractivity contribution in [1.29, 1.82) is 0 Å². The second-order valence-electron chi connectivity index (χ2n) is 11.0. The molecule has 1 saturated heterocycles. The molecular weight excluding hydrogens is 584 g/mol. The van der Waals surface area contributed by atoms with Gasteiger partial charge in [-0.3, -0.25) is 14.4 Å². The summed E-state index contributed by atoms with van der Waals surface area (Å²) in [7, 11) is 0. The lowest BCUT2D eigenvalue weighted by Gasteiger charge is -2.39. The summed E-state index contributed by atoms with van der Waals surface area (Å²) in [6, 6.07) is 13.2. The zero-order valence-electron chi connectivity index (χ0n) is 24.7. The maximum absolute atomic E-state index is 14.2. The van der Waals surface area contributed by atoms with Gasteiger partial charge in [0.15, 0.2) is 11.6 Å². The molecule has 1 fully saturated rings. The number of esters is 1. The molecule has 0 spiro atoms. The summed E-state index contributed by atoms with van der Waals surface area (Å²) in [5.41, 5.74) is 0.617. The van der Waals surface area contributed by atoms with Gasteiger partial charge in [-0.25, -0.2) is 0 Å². The number of rotatable bonds is 9. The number of phenolic OH excluding ortho intramolecular Hbond substituents is 1. The first kappa shape index (κ1) is 32.0. The number of hydrogen-bond acceptors (Lipinski definition) is 11. The highest BCUT2D eigenvalue weighted by Gasteiger charge is 2.44. The zero-order valence-corrected chi connectivity index (χ0v) is 24.7. The predicted molar refractivity (Wildman–Crippen MR) is 161 cm³/mol. The van der Waals surface area contributed by atoms with Crippen molar-refractivity contribution in [2.24, 2.45) is 0 Å². The van der Waals surface area contributed by atoms with Gasteiger partial charge in [-0.2, -0.15) is 0 Å². The molecule has 45 heavy (non-hydrogen) atoms. The van der Waals surface area contributed by atoms with Crippen molar-refractivity contribution in [3.8, 4) is 17.2 Å². The first-order valence-corrected chi connectivity index (χ1v) is 14.6. The van der Waals surface area contributed by atoms with Crippen molar-refractivity contribution < 1.29 is 54.1 Å². The molecule has 1 aliphatic carbocycles. The Morgan fingerprint density at radius 3 is 2.29 bits per heavy atom. The van der Waals surface area contributed by atoms with E-state index in [0.717, 1.165) is 5.56 Å². The molecular formula is C34H34O11. The molecule has 5 unspecified atom stereocenters. The number of fused-ring (bicyclic) bond motifs is 2. The first-order valence-electron chi connectivity index (χ1n) is 14.6. The number of unbranched alkanes of at least 4 members (excludes halogenated alkanes) is 1. The maximum Gasteiger partial charge on any atom is 0.308 e. The fraction of sp³-hybridized carbons (Fsp3) is 0.324. The molecule has 0 saturated carbocycles. The van der Waals surface area contributed by atoms with E-state index in [4.69, 9.17) is 14.2 Å². The number of aliphatic hydroxyl groups excluding tert-OH is 4. The molecule has 0 bridgehead atoms. The summed E-state index contributed by atoms with van der Waals surface area (Å²) >= 11 is 0. The highest BCUT2D eigenvalue weighted by Crippen LogP contribution is 2.44. The number of carbonyl (C=O) groups excluding carboxylic acids is 3. The number of phenols is 1. The Bertz CT molecular complexity index is 1650. The van der Waals surface area contributed by atoms with Crippen molar-refractivity contribution in [3.63, 3.8) is 0 Å². The van der Waals surface area contributed by atoms with Gasteiger partial charge in [-0.05, 0) is 56.0 Å². The second-order valence-corrected chi connectivity index (χ2v) is 11.0. The van der Waals surface area contributed by atoms with Crippen molar-refractivity contribution in [2.45, 2.75) is 63.8 Å². The van der Waals surface area contributed by atoms with Crippen LogP contribution in [-0.2, 0) is 16.0 Å². The normalized spacial score (nSPS) is 22.7. The molecule has 0 radical (unpaired) electrons. The van der Waals surface area contributed by atoms with Crippen LogP contribution in [-0.4, -0.2) is 80.4 Å². The Kier molecular flexibility index (Phi) is 9.47. The molecule has 5 N–H and O–H groups in total. The predicted octanol–water partition coefficient (Wildman–Crippen LogP) is 2.78. The lowest BCUT2D eigenvalue weighted by atomic mass is 9.79. The molecule has 0 amide bonds. The maximum atomic E-state index is 14.2. The number of ketones is 2. The quantitative estimate of drug-likeness (QED) is 0.0806. The van der Waals surface area contributed by atoms with E-state index in [0.29, 0.717) is 12.8 Å². The third-order valence-electron chi connectivity index (χ3n) is 7.90. The van der Waals surface area contributed by atoms with Crippen LogP contribution in [0.3, 0.4) is 0 Å². The largest absolute Gasteiger partial charge is 0.507 e. The third-order valence-corrected chi connectivity index (χ3v) is 7.90. The molecule has 5 atom stereocenters. The summed E-state index contributed by atoms with van der Waals surface area (Å²) < 4.78 is 16.9. The van der Waals surface area contributed by atoms with Crippen LogP contribution in [0, 0.1) is 0 Å². The van der Waals surface area contributed by atoms with Gasteiger partial charge in [0, 0.05) is 41.3 Å². The van der Waals surface area contributed by atoms with Gasteiger partial charge in [-0.1, -0.05) is 36.4 Å². The van der Waals surface area contributed by atoms with E-state index in [1.165, 1.54) is 32.0 Å². The molecule has 1 aliphatic heterocycles. The van der Waals surface area contributed by atoms with Gasteiger partial charge in [0.05, 0.1) is 11.7 Å². The Morgan fingerprint density at radius 1 is 0.889 bits per heavy atom. The Balaban J connectivity index is 1.65. The molecule has 3 aromatic rings. The smallest absolute Gasteiger partial charge is 0.308 e. The molecule has 236 valence electrons. The van der Waals surface area contributed by atoms with Crippen molar-refractivity contribution >= 4 is 29.7 Å². The van der Waals surface area contributed by atoms with Gasteiger partial charge in [0.2, 0.25) is 6.29 Å². The van der Waals surface area contributed by atoms with Gasteiger partial charge < -0.3 is 39.7 Å². The van der Waals surface area contributed by atoms with E-state index < -0.39 is 54.0 Å². The Labute approximate surface area is 258 Å². The molecule has 5 rings (SSSR count). The topological polar surface area (TPSA) is 180 Å². The summed E-state index contributed by atoms with van der Waals surface area (Å²) in [4.78, 5) is 40.1. The summed E-state index contributed by atoms with van der Waals surface area (Å²) in [6.07, 6.45) is -2.93. The molecule has 1 heterocycles. The van der Waals surface area contributed by atoms with Crippen molar-refractivity contribution in [3.05, 3.63) is 87.5 Å². The van der Waals surface area contributed by atoms with Crippen LogP contribution in [0.15, 0.2) is 48.5 Å². The SMILES string of the molecule is CC(=O)Oc1ccc2c(c1C=Cc1ccccc1)C(=O)c1cc(OC3OC(C)C(O)C(O)C3O)c(CCCCO)c(O)c1C2=O. The fourth-order valence-corrected chi connectivity index (χ4v) is 5.55. The van der Waals surface area contributed by atoms with E-state index >= 15 is 0 Å². The average molecular weight is 619 g/mol. The highest BCUT2D eigenvalue weighted by molar-refractivity contribution is 6.31. The van der Waals surface area contributed by atoms with Gasteiger partial charge in [0.1, 0.15) is 35.6 Å². The van der Waals surface area contributed by atoms with E-state index in [1.54, 1.807) is 12.2 Å². The molecule has 11 heteroatoms. The summed E-state index contributed by atoms with van der Waals surface area (Å²) in [5.74, 6) is -2.47. The van der Waals surface area contributed by atoms with Crippen LogP contribution in [0.25, 0.3) is 12.2 Å². The number of carbonyl (C=O) groups is 3. The first-order chi connectivity index (χ1) is 21.5. The minimum atomic E-state index is -1.68. The van der Waals surface area contributed by atoms with Crippen LogP contribution in [0.2, 0.25) is 0 Å². The molecule has 11 nitrogen and oxygen atoms in total.